The molecule has 2 unspecified atom stereocenters. The van der Waals surface area contributed by atoms with Gasteiger partial charge in [0.2, 0.25) is 6.41 Å². The van der Waals surface area contributed by atoms with Crippen LogP contribution in [-0.2, 0) is 20.7 Å². The van der Waals surface area contributed by atoms with Crippen molar-refractivity contribution in [2.45, 2.75) is 71.4 Å². The lowest BCUT2D eigenvalue weighted by Gasteiger charge is -2.19. The van der Waals surface area contributed by atoms with Crippen molar-refractivity contribution in [3.8, 4) is 0 Å². The van der Waals surface area contributed by atoms with Crippen molar-refractivity contribution < 1.29 is 23.8 Å². The summed E-state index contributed by atoms with van der Waals surface area (Å²) < 4.78 is 11.5. The predicted molar refractivity (Wildman–Crippen MR) is 178 cm³/mol. The van der Waals surface area contributed by atoms with Crippen molar-refractivity contribution in [1.82, 2.24) is 10.2 Å². The highest BCUT2D eigenvalue weighted by Crippen LogP contribution is 2.27. The highest BCUT2D eigenvalue weighted by Gasteiger charge is 2.14. The molecule has 2 aliphatic carbocycles. The van der Waals surface area contributed by atoms with Crippen LogP contribution in [-0.4, -0.2) is 67.1 Å². The van der Waals surface area contributed by atoms with E-state index in [9.17, 15) is 9.59 Å². The Morgan fingerprint density at radius 2 is 2.09 bits per heavy atom. The molecule has 0 saturated heterocycles. The minimum Gasteiger partial charge on any atom is -0.478 e. The molecule has 0 aliphatic heterocycles. The quantitative estimate of drug-likeness (QED) is 0.0735. The molecular weight excluding hydrogens is 554 g/mol. The van der Waals surface area contributed by atoms with Gasteiger partial charge in [0, 0.05) is 25.1 Å². The van der Waals surface area contributed by atoms with Crippen molar-refractivity contribution in [2.75, 3.05) is 26.2 Å². The summed E-state index contributed by atoms with van der Waals surface area (Å²) in [6.07, 6.45) is 21.9. The molecule has 8 heteroatoms. The number of aryl methyl sites for hydroxylation is 2. The molecule has 0 spiro atoms. The number of unbranched alkanes of at least 4 members (excludes halogenated alkanes) is 1. The summed E-state index contributed by atoms with van der Waals surface area (Å²) in [4.78, 5) is 27.8. The largest absolute Gasteiger partial charge is 0.478 e. The van der Waals surface area contributed by atoms with Crippen LogP contribution in [0.5, 0.6) is 0 Å². The van der Waals surface area contributed by atoms with E-state index in [0.717, 1.165) is 43.7 Å². The third-order valence-corrected chi connectivity index (χ3v) is 7.69. The van der Waals surface area contributed by atoms with E-state index in [4.69, 9.17) is 14.3 Å². The molecule has 1 heterocycles. The fraction of sp³-hybridized carbons (Fsp3) is 0.417. The number of nitrogens with zero attached hydrogens (tertiary/aromatic N) is 2. The Hall–Kier alpha value is -4.17. The highest BCUT2D eigenvalue weighted by molar-refractivity contribution is 5.90. The first kappa shape index (κ1) is 34.3. The fourth-order valence-corrected chi connectivity index (χ4v) is 4.95. The van der Waals surface area contributed by atoms with Gasteiger partial charge in [-0.1, -0.05) is 42.5 Å². The fourth-order valence-electron chi connectivity index (χ4n) is 4.95. The van der Waals surface area contributed by atoms with Gasteiger partial charge in [-0.15, -0.1) is 6.58 Å². The molecule has 4 rings (SSSR count). The standard InChI is InChI=1S/C19H29N3O4.C17H18O/c1-3-17(21-15-23)13-20-14-22(4-2)10-5-6-11-26-18-9-7-8-16(12-18)19(24)25;1-12-13(2)18-17-9-8-15(11-16(12)17)10-14-6-4-3-5-7-14/h3,7-8,12,14-15,17-18H,1,4-6,9-11,13H2,2H3,(H,21,23)(H,24,25);4,6-9,11H,3,5,10H2,1-2H3. The number of ether oxygens (including phenoxy) is 1. The number of carboxylic acids is 1. The van der Waals surface area contributed by atoms with Gasteiger partial charge in [-0.3, -0.25) is 9.79 Å². The zero-order valence-corrected chi connectivity index (χ0v) is 26.3. The maximum Gasteiger partial charge on any atom is 0.335 e. The number of hydrogen-bond donors (Lipinski definition) is 2. The van der Waals surface area contributed by atoms with E-state index in [1.165, 1.54) is 34.9 Å². The number of aliphatic carboxylic acids is 1. The summed E-state index contributed by atoms with van der Waals surface area (Å²) in [5, 5.41) is 12.9. The van der Waals surface area contributed by atoms with Crippen LogP contribution >= 0.6 is 0 Å². The lowest BCUT2D eigenvalue weighted by Crippen LogP contribution is -2.29. The predicted octanol–water partition coefficient (Wildman–Crippen LogP) is 6.64. The number of nitrogens with one attached hydrogen (secondary N) is 1. The van der Waals surface area contributed by atoms with E-state index in [0.29, 0.717) is 26.0 Å². The maximum absolute atomic E-state index is 10.9. The molecule has 2 aromatic rings. The third-order valence-electron chi connectivity index (χ3n) is 7.69. The second-order valence-corrected chi connectivity index (χ2v) is 11.0. The van der Waals surface area contributed by atoms with Crippen LogP contribution in [0.25, 0.3) is 11.0 Å². The number of rotatable bonds is 16. The molecule has 1 aromatic heterocycles. The van der Waals surface area contributed by atoms with Crippen LogP contribution in [0.15, 0.2) is 87.9 Å². The van der Waals surface area contributed by atoms with E-state index in [1.807, 2.05) is 13.0 Å². The van der Waals surface area contributed by atoms with Gasteiger partial charge in [0.15, 0.2) is 0 Å². The summed E-state index contributed by atoms with van der Waals surface area (Å²) in [6.45, 7) is 12.7. The number of carbonyl (C=O) groups is 2. The minimum absolute atomic E-state index is 0.149. The molecule has 2 atom stereocenters. The minimum atomic E-state index is -0.922. The number of carbonyl (C=O) groups excluding carboxylic acids is 1. The summed E-state index contributed by atoms with van der Waals surface area (Å²) in [5.74, 6) is 0.105. The van der Waals surface area contributed by atoms with Crippen LogP contribution in [0, 0.1) is 13.8 Å². The van der Waals surface area contributed by atoms with Crippen LogP contribution < -0.4 is 5.32 Å². The zero-order valence-electron chi connectivity index (χ0n) is 26.3. The van der Waals surface area contributed by atoms with E-state index in [2.05, 4.69) is 72.1 Å². The number of fused-ring (bicyclic) bond motifs is 1. The lowest BCUT2D eigenvalue weighted by molar-refractivity contribution is -0.132. The molecule has 44 heavy (non-hydrogen) atoms. The zero-order chi connectivity index (χ0) is 31.7. The Labute approximate surface area is 261 Å². The smallest absolute Gasteiger partial charge is 0.335 e. The number of aliphatic imine (C=N–C) groups is 1. The van der Waals surface area contributed by atoms with Gasteiger partial charge in [0.1, 0.15) is 11.3 Å². The van der Waals surface area contributed by atoms with Gasteiger partial charge in [-0.2, -0.15) is 0 Å². The Bertz CT molecular complexity index is 1400. The average Bonchev–Trinajstić information content (AvgIpc) is 3.32. The maximum atomic E-state index is 10.9. The molecule has 2 N–H and O–H groups in total. The Kier molecular flexibility index (Phi) is 14.4. The molecule has 8 nitrogen and oxygen atoms in total. The summed E-state index contributed by atoms with van der Waals surface area (Å²) in [6, 6.07) is 6.39. The molecule has 236 valence electrons. The molecule has 2 aliphatic rings. The van der Waals surface area contributed by atoms with Gasteiger partial charge in [-0.05, 0) is 94.2 Å². The molecule has 0 fully saturated rings. The molecule has 1 amide bonds. The van der Waals surface area contributed by atoms with Crippen LogP contribution in [0.2, 0.25) is 0 Å². The first-order chi connectivity index (χ1) is 21.3. The van der Waals surface area contributed by atoms with Crippen LogP contribution in [0.3, 0.4) is 0 Å². The van der Waals surface area contributed by atoms with Gasteiger partial charge >= 0.3 is 5.97 Å². The van der Waals surface area contributed by atoms with Crippen molar-refractivity contribution in [3.63, 3.8) is 0 Å². The Morgan fingerprint density at radius 3 is 2.80 bits per heavy atom. The summed E-state index contributed by atoms with van der Waals surface area (Å²) in [5.41, 5.74) is 5.35. The topological polar surface area (TPSA) is 104 Å². The summed E-state index contributed by atoms with van der Waals surface area (Å²) in [7, 11) is 0. The van der Waals surface area contributed by atoms with Gasteiger partial charge < -0.3 is 24.5 Å². The van der Waals surface area contributed by atoms with Crippen LogP contribution in [0.1, 0.15) is 55.9 Å². The monoisotopic (exact) mass is 601 g/mol. The van der Waals surface area contributed by atoms with E-state index in [-0.39, 0.29) is 17.7 Å². The first-order valence-corrected chi connectivity index (χ1v) is 15.5. The molecule has 1 aromatic carbocycles. The number of benzene rings is 1. The van der Waals surface area contributed by atoms with Crippen molar-refractivity contribution in [2.24, 2.45) is 4.99 Å². The molecule has 0 bridgehead atoms. The lowest BCUT2D eigenvalue weighted by atomic mass is 9.98. The average molecular weight is 602 g/mol. The number of allylic oxidation sites excluding steroid dienone is 4. The number of furan rings is 1. The number of amides is 1. The Morgan fingerprint density at radius 1 is 1.25 bits per heavy atom. The van der Waals surface area contributed by atoms with E-state index < -0.39 is 5.97 Å². The molecular formula is C36H47N3O5. The normalized spacial score (nSPS) is 16.6. The Balaban J connectivity index is 0.000000255. The highest BCUT2D eigenvalue weighted by atomic mass is 16.5. The number of hydrogen-bond acceptors (Lipinski definition) is 5. The first-order valence-electron chi connectivity index (χ1n) is 15.5. The second-order valence-electron chi connectivity index (χ2n) is 11.0. The van der Waals surface area contributed by atoms with Crippen molar-refractivity contribution in [3.05, 3.63) is 95.3 Å². The van der Waals surface area contributed by atoms with Crippen molar-refractivity contribution in [1.29, 1.82) is 0 Å². The third kappa shape index (κ3) is 11.2. The SMILES string of the molecule is C=CC(CN=CN(CC)CCCCOC1C=C(C(=O)O)C=CC1)NC=O.Cc1oc2ccc(CC3=CCCC=C3)cc2c1C. The van der Waals surface area contributed by atoms with Gasteiger partial charge in [0.25, 0.3) is 0 Å². The molecule has 0 radical (unpaired) electrons. The summed E-state index contributed by atoms with van der Waals surface area (Å²) >= 11 is 0. The number of carboxylic acid groups (broad SMARTS) is 1. The van der Waals surface area contributed by atoms with Crippen LogP contribution in [0.4, 0.5) is 0 Å². The second kappa shape index (κ2) is 18.5. The van der Waals surface area contributed by atoms with Gasteiger partial charge in [0.05, 0.1) is 30.6 Å². The molecule has 0 saturated carbocycles. The van der Waals surface area contributed by atoms with Crippen molar-refractivity contribution >= 4 is 29.7 Å². The van der Waals surface area contributed by atoms with Gasteiger partial charge in [-0.25, -0.2) is 4.79 Å². The van der Waals surface area contributed by atoms with E-state index in [1.54, 1.807) is 24.6 Å². The van der Waals surface area contributed by atoms with E-state index >= 15 is 0 Å².